The first-order valence-corrected chi connectivity index (χ1v) is 7.50. The zero-order valence-electron chi connectivity index (χ0n) is 13.6. The maximum Gasteiger partial charge on any atom is 0.340 e. The molecule has 1 heterocycles. The molecule has 3 aromatic rings. The normalized spacial score (nSPS) is 10.5. The van der Waals surface area contributed by atoms with Crippen LogP contribution >= 0.6 is 0 Å². The van der Waals surface area contributed by atoms with E-state index < -0.39 is 23.4 Å². The maximum atomic E-state index is 12.2. The average Bonchev–Trinajstić information content (AvgIpc) is 3.10. The number of ether oxygens (including phenoxy) is 1. The Labute approximate surface area is 146 Å². The highest BCUT2D eigenvalue weighted by molar-refractivity contribution is 6.02. The Balaban J connectivity index is 1.66. The van der Waals surface area contributed by atoms with E-state index in [-0.39, 0.29) is 16.9 Å². The number of rotatable bonds is 5. The second kappa shape index (κ2) is 7.01. The lowest BCUT2D eigenvalue weighted by atomic mass is 10.2. The van der Waals surface area contributed by atoms with Gasteiger partial charge in [0, 0.05) is 12.1 Å². The van der Waals surface area contributed by atoms with E-state index in [9.17, 15) is 19.7 Å². The summed E-state index contributed by atoms with van der Waals surface area (Å²) in [5.41, 5.74) is 1.71. The Morgan fingerprint density at radius 1 is 1.31 bits per heavy atom. The van der Waals surface area contributed by atoms with Crippen LogP contribution in [0.1, 0.15) is 15.9 Å². The van der Waals surface area contributed by atoms with Crippen LogP contribution < -0.4 is 5.32 Å². The van der Waals surface area contributed by atoms with E-state index in [0.717, 1.165) is 0 Å². The van der Waals surface area contributed by atoms with Crippen molar-refractivity contribution in [2.75, 3.05) is 11.9 Å². The summed E-state index contributed by atoms with van der Waals surface area (Å²) in [6, 6.07) is 8.86. The lowest BCUT2D eigenvalue weighted by Gasteiger charge is -2.09. The van der Waals surface area contributed by atoms with Crippen molar-refractivity contribution >= 4 is 34.4 Å². The third-order valence-electron chi connectivity index (χ3n) is 3.62. The van der Waals surface area contributed by atoms with Crippen molar-refractivity contribution in [3.63, 3.8) is 0 Å². The number of anilines is 1. The van der Waals surface area contributed by atoms with Crippen molar-refractivity contribution in [1.82, 2.24) is 4.98 Å². The average molecular weight is 355 g/mol. The van der Waals surface area contributed by atoms with Gasteiger partial charge in [-0.15, -0.1) is 0 Å². The number of benzene rings is 2. The summed E-state index contributed by atoms with van der Waals surface area (Å²) < 4.78 is 10.1. The van der Waals surface area contributed by atoms with Crippen LogP contribution in [0.5, 0.6) is 0 Å². The lowest BCUT2D eigenvalue weighted by Crippen LogP contribution is -2.21. The van der Waals surface area contributed by atoms with Gasteiger partial charge in [0.05, 0.1) is 16.2 Å². The summed E-state index contributed by atoms with van der Waals surface area (Å²) in [6.45, 7) is 1.14. The molecular formula is C17H13N3O6. The zero-order valence-corrected chi connectivity index (χ0v) is 13.6. The van der Waals surface area contributed by atoms with E-state index in [4.69, 9.17) is 9.15 Å². The topological polar surface area (TPSA) is 125 Å². The van der Waals surface area contributed by atoms with Gasteiger partial charge in [-0.05, 0) is 24.6 Å². The number of nitro benzene ring substituents is 1. The number of aryl methyl sites for hydroxylation is 1. The van der Waals surface area contributed by atoms with E-state index >= 15 is 0 Å². The van der Waals surface area contributed by atoms with Crippen LogP contribution in [-0.4, -0.2) is 28.4 Å². The Bertz CT molecular complexity index is 1010. The smallest absolute Gasteiger partial charge is 0.340 e. The van der Waals surface area contributed by atoms with Crippen molar-refractivity contribution in [1.29, 1.82) is 0 Å². The van der Waals surface area contributed by atoms with Crippen molar-refractivity contribution in [2.45, 2.75) is 6.92 Å². The Morgan fingerprint density at radius 2 is 2.12 bits per heavy atom. The summed E-state index contributed by atoms with van der Waals surface area (Å²) in [7, 11) is 0. The van der Waals surface area contributed by atoms with Crippen LogP contribution in [-0.2, 0) is 9.53 Å². The number of amides is 1. The number of hydrogen-bond donors (Lipinski definition) is 1. The SMILES string of the molecule is Cc1ccc([N+](=O)[O-])cc1NC(=O)COC(=O)c1cccc2ocnc12. The number of nitrogens with zero attached hydrogens (tertiary/aromatic N) is 2. The van der Waals surface area contributed by atoms with Crippen molar-refractivity contribution in [2.24, 2.45) is 0 Å². The molecule has 0 radical (unpaired) electrons. The number of fused-ring (bicyclic) bond motifs is 1. The predicted molar refractivity (Wildman–Crippen MR) is 90.8 cm³/mol. The van der Waals surface area contributed by atoms with Crippen LogP contribution in [0.2, 0.25) is 0 Å². The number of oxazole rings is 1. The van der Waals surface area contributed by atoms with E-state index in [1.807, 2.05) is 0 Å². The molecule has 1 aromatic heterocycles. The molecule has 0 aliphatic heterocycles. The largest absolute Gasteiger partial charge is 0.452 e. The molecule has 9 heteroatoms. The summed E-state index contributed by atoms with van der Waals surface area (Å²) in [5.74, 6) is -1.34. The molecule has 3 rings (SSSR count). The molecule has 132 valence electrons. The molecular weight excluding hydrogens is 342 g/mol. The summed E-state index contributed by atoms with van der Waals surface area (Å²) >= 11 is 0. The van der Waals surface area contributed by atoms with Gasteiger partial charge in [0.2, 0.25) is 0 Å². The Morgan fingerprint density at radius 3 is 2.88 bits per heavy atom. The van der Waals surface area contributed by atoms with Crippen molar-refractivity contribution in [3.05, 3.63) is 64.0 Å². The molecule has 0 saturated heterocycles. The first-order valence-electron chi connectivity index (χ1n) is 7.50. The zero-order chi connectivity index (χ0) is 18.7. The number of aromatic nitrogens is 1. The molecule has 1 N–H and O–H groups in total. The van der Waals surface area contributed by atoms with Crippen molar-refractivity contribution in [3.8, 4) is 0 Å². The number of hydrogen-bond acceptors (Lipinski definition) is 7. The molecule has 0 aliphatic carbocycles. The fraction of sp³-hybridized carbons (Fsp3) is 0.118. The minimum absolute atomic E-state index is 0.152. The number of carbonyl (C=O) groups excluding carboxylic acids is 2. The van der Waals surface area contributed by atoms with Crippen LogP contribution in [0.25, 0.3) is 11.1 Å². The monoisotopic (exact) mass is 355 g/mol. The maximum absolute atomic E-state index is 12.2. The van der Waals surface area contributed by atoms with Crippen LogP contribution in [0.15, 0.2) is 47.2 Å². The minimum atomic E-state index is -0.726. The Hall–Kier alpha value is -3.75. The molecule has 0 saturated carbocycles. The number of esters is 1. The molecule has 0 spiro atoms. The van der Waals surface area contributed by atoms with Crippen molar-refractivity contribution < 1.29 is 23.7 Å². The molecule has 2 aromatic carbocycles. The molecule has 0 unspecified atom stereocenters. The van der Waals surface area contributed by atoms with Gasteiger partial charge in [-0.25, -0.2) is 9.78 Å². The van der Waals surface area contributed by atoms with Gasteiger partial charge in [0.25, 0.3) is 11.6 Å². The van der Waals surface area contributed by atoms with Gasteiger partial charge in [0.15, 0.2) is 18.6 Å². The highest BCUT2D eigenvalue weighted by atomic mass is 16.6. The van der Waals surface area contributed by atoms with Crippen LogP contribution in [0, 0.1) is 17.0 Å². The predicted octanol–water partition coefficient (Wildman–Crippen LogP) is 2.84. The fourth-order valence-electron chi connectivity index (χ4n) is 2.30. The lowest BCUT2D eigenvalue weighted by molar-refractivity contribution is -0.384. The Kier molecular flexibility index (Phi) is 4.61. The molecule has 0 bridgehead atoms. The third kappa shape index (κ3) is 3.51. The van der Waals surface area contributed by atoms with E-state index in [2.05, 4.69) is 10.3 Å². The number of nitrogens with one attached hydrogen (secondary N) is 1. The van der Waals surface area contributed by atoms with E-state index in [1.54, 1.807) is 19.1 Å². The van der Waals surface area contributed by atoms with Gasteiger partial charge in [-0.2, -0.15) is 0 Å². The summed E-state index contributed by atoms with van der Waals surface area (Å²) in [5, 5.41) is 13.3. The minimum Gasteiger partial charge on any atom is -0.452 e. The van der Waals surface area contributed by atoms with Crippen LogP contribution in [0.4, 0.5) is 11.4 Å². The van der Waals surface area contributed by atoms with E-state index in [1.165, 1.54) is 30.7 Å². The standard InChI is InChI=1S/C17H13N3O6/c1-10-5-6-11(20(23)24)7-13(10)19-15(21)8-25-17(22)12-3-2-4-14-16(12)18-9-26-14/h2-7,9H,8H2,1H3,(H,19,21). The summed E-state index contributed by atoms with van der Waals surface area (Å²) in [4.78, 5) is 38.3. The van der Waals surface area contributed by atoms with Gasteiger partial charge < -0.3 is 14.5 Å². The highest BCUT2D eigenvalue weighted by Gasteiger charge is 2.16. The molecule has 0 aliphatic rings. The van der Waals surface area contributed by atoms with Crippen LogP contribution in [0.3, 0.4) is 0 Å². The second-order valence-electron chi connectivity index (χ2n) is 5.39. The number of para-hydroxylation sites is 1. The summed E-state index contributed by atoms with van der Waals surface area (Å²) in [6.07, 6.45) is 1.21. The molecule has 1 amide bonds. The van der Waals surface area contributed by atoms with Gasteiger partial charge in [-0.3, -0.25) is 14.9 Å². The quantitative estimate of drug-likeness (QED) is 0.424. The highest BCUT2D eigenvalue weighted by Crippen LogP contribution is 2.22. The molecule has 9 nitrogen and oxygen atoms in total. The van der Waals surface area contributed by atoms with Gasteiger partial charge in [-0.1, -0.05) is 12.1 Å². The third-order valence-corrected chi connectivity index (χ3v) is 3.62. The first-order chi connectivity index (χ1) is 12.5. The molecule has 0 atom stereocenters. The molecule has 26 heavy (non-hydrogen) atoms. The number of non-ortho nitro benzene ring substituents is 1. The first kappa shape index (κ1) is 17.1. The number of carbonyl (C=O) groups is 2. The van der Waals surface area contributed by atoms with Gasteiger partial charge in [0.1, 0.15) is 5.52 Å². The number of nitro groups is 1. The van der Waals surface area contributed by atoms with E-state index in [0.29, 0.717) is 16.7 Å². The fourth-order valence-corrected chi connectivity index (χ4v) is 2.30. The van der Waals surface area contributed by atoms with Gasteiger partial charge >= 0.3 is 5.97 Å². The molecule has 0 fully saturated rings. The second-order valence-corrected chi connectivity index (χ2v) is 5.39.